The summed E-state index contributed by atoms with van der Waals surface area (Å²) in [5.41, 5.74) is 1.24. The zero-order valence-corrected chi connectivity index (χ0v) is 11.3. The summed E-state index contributed by atoms with van der Waals surface area (Å²) in [6.45, 7) is 1.70. The molecule has 0 radical (unpaired) electrons. The van der Waals surface area contributed by atoms with E-state index in [0.29, 0.717) is 11.8 Å². The highest BCUT2D eigenvalue weighted by Gasteiger charge is 2.62. The van der Waals surface area contributed by atoms with Crippen LogP contribution in [-0.2, 0) is 11.3 Å². The number of benzene rings is 1. The van der Waals surface area contributed by atoms with Crippen molar-refractivity contribution in [2.75, 3.05) is 11.9 Å². The second-order valence-electron chi connectivity index (χ2n) is 5.17. The van der Waals surface area contributed by atoms with E-state index in [0.717, 1.165) is 31.3 Å². The molecule has 0 aromatic heterocycles. The van der Waals surface area contributed by atoms with Crippen LogP contribution in [0, 0.1) is 11.3 Å². The number of rotatable bonds is 3. The topological polar surface area (TPSA) is 20.3 Å². The Morgan fingerprint density at radius 2 is 2.12 bits per heavy atom. The fraction of sp³-hybridized carbons (Fsp3) is 0.500. The monoisotopic (exact) mass is 293 g/mol. The minimum absolute atomic E-state index is 0.0122. The zero-order valence-electron chi connectivity index (χ0n) is 9.73. The minimum atomic E-state index is 0.0122. The first-order valence-corrected chi connectivity index (χ1v) is 7.28. The van der Waals surface area contributed by atoms with Crippen molar-refractivity contribution in [1.29, 1.82) is 0 Å². The first-order chi connectivity index (χ1) is 8.26. The third-order valence-corrected chi connectivity index (χ3v) is 4.96. The second kappa shape index (κ2) is 4.13. The molecule has 1 aliphatic heterocycles. The van der Waals surface area contributed by atoms with Gasteiger partial charge < -0.3 is 4.90 Å². The van der Waals surface area contributed by atoms with Crippen molar-refractivity contribution in [3.8, 4) is 0 Å². The molecule has 1 aromatic carbocycles. The maximum absolute atomic E-state index is 12.4. The molecule has 1 saturated heterocycles. The van der Waals surface area contributed by atoms with Crippen LogP contribution >= 0.6 is 15.9 Å². The van der Waals surface area contributed by atoms with Gasteiger partial charge in [0.2, 0.25) is 5.91 Å². The normalized spacial score (nSPS) is 31.2. The molecule has 2 atom stereocenters. The Hall–Kier alpha value is -0.830. The number of likely N-dealkylation sites (tertiary alicyclic amines) is 1. The van der Waals surface area contributed by atoms with Crippen molar-refractivity contribution in [1.82, 2.24) is 4.90 Å². The Morgan fingerprint density at radius 3 is 2.76 bits per heavy atom. The molecule has 1 aliphatic carbocycles. The zero-order chi connectivity index (χ0) is 11.9. The average Bonchev–Trinajstić information content (AvgIpc) is 3.02. The Kier molecular flexibility index (Phi) is 2.74. The number of hydrogen-bond acceptors (Lipinski definition) is 1. The molecule has 2 fully saturated rings. The van der Waals surface area contributed by atoms with Gasteiger partial charge in [-0.2, -0.15) is 0 Å². The number of hydrogen-bond donors (Lipinski definition) is 0. The van der Waals surface area contributed by atoms with Gasteiger partial charge in [0.1, 0.15) is 0 Å². The van der Waals surface area contributed by atoms with Gasteiger partial charge >= 0.3 is 0 Å². The lowest BCUT2D eigenvalue weighted by atomic mass is 10.0. The van der Waals surface area contributed by atoms with E-state index in [2.05, 4.69) is 28.1 Å². The van der Waals surface area contributed by atoms with Crippen molar-refractivity contribution in [3.05, 3.63) is 35.9 Å². The lowest BCUT2D eigenvalue weighted by Gasteiger charge is -2.16. The van der Waals surface area contributed by atoms with Gasteiger partial charge in [0.05, 0.1) is 5.41 Å². The highest BCUT2D eigenvalue weighted by Crippen LogP contribution is 2.59. The average molecular weight is 294 g/mol. The minimum Gasteiger partial charge on any atom is -0.338 e. The smallest absolute Gasteiger partial charge is 0.229 e. The predicted octanol–water partition coefficient (Wildman–Crippen LogP) is 2.82. The highest BCUT2D eigenvalue weighted by molar-refractivity contribution is 9.09. The van der Waals surface area contributed by atoms with Crippen LogP contribution in [0.1, 0.15) is 18.4 Å². The molecule has 1 heterocycles. The molecule has 2 aliphatic rings. The summed E-state index contributed by atoms with van der Waals surface area (Å²) in [4.78, 5) is 14.4. The largest absolute Gasteiger partial charge is 0.338 e. The van der Waals surface area contributed by atoms with Crippen LogP contribution in [0.4, 0.5) is 0 Å². The van der Waals surface area contributed by atoms with Gasteiger partial charge in [-0.3, -0.25) is 4.79 Å². The summed E-state index contributed by atoms with van der Waals surface area (Å²) in [5, 5.41) is 0.970. The Bertz CT molecular complexity index is 433. The molecule has 1 spiro atoms. The molecule has 0 unspecified atom stereocenters. The Balaban J connectivity index is 1.70. The van der Waals surface area contributed by atoms with Gasteiger partial charge in [-0.1, -0.05) is 46.3 Å². The quantitative estimate of drug-likeness (QED) is 0.785. The molecule has 1 saturated carbocycles. The summed E-state index contributed by atoms with van der Waals surface area (Å²) in [6, 6.07) is 10.3. The number of alkyl halides is 1. The summed E-state index contributed by atoms with van der Waals surface area (Å²) in [6.07, 6.45) is 2.14. The fourth-order valence-electron chi connectivity index (χ4n) is 2.96. The van der Waals surface area contributed by atoms with Crippen molar-refractivity contribution in [3.63, 3.8) is 0 Å². The van der Waals surface area contributed by atoms with Gasteiger partial charge in [0, 0.05) is 18.4 Å². The summed E-state index contributed by atoms with van der Waals surface area (Å²) in [7, 11) is 0. The van der Waals surface area contributed by atoms with Gasteiger partial charge in [0.15, 0.2) is 0 Å². The van der Waals surface area contributed by atoms with E-state index in [4.69, 9.17) is 0 Å². The van der Waals surface area contributed by atoms with E-state index in [1.54, 1.807) is 0 Å². The molecule has 3 rings (SSSR count). The fourth-order valence-corrected chi connectivity index (χ4v) is 3.81. The SMILES string of the molecule is O=C1N(Cc2ccccc2)CC[C@@]12C[C@@H]2CBr. The lowest BCUT2D eigenvalue weighted by molar-refractivity contribution is -0.132. The Morgan fingerprint density at radius 1 is 1.35 bits per heavy atom. The van der Waals surface area contributed by atoms with Crippen LogP contribution in [-0.4, -0.2) is 22.7 Å². The molecular formula is C14H16BrNO. The number of carbonyl (C=O) groups is 1. The summed E-state index contributed by atoms with van der Waals surface area (Å²) >= 11 is 3.50. The van der Waals surface area contributed by atoms with Crippen LogP contribution in [0.3, 0.4) is 0 Å². The maximum Gasteiger partial charge on any atom is 0.229 e. The molecule has 2 nitrogen and oxygen atoms in total. The molecule has 1 amide bonds. The molecule has 3 heteroatoms. The Labute approximate surface area is 110 Å². The number of nitrogens with zero attached hydrogens (tertiary/aromatic N) is 1. The molecule has 90 valence electrons. The van der Waals surface area contributed by atoms with Crippen LogP contribution < -0.4 is 0 Å². The molecule has 0 N–H and O–H groups in total. The number of halogens is 1. The van der Waals surface area contributed by atoms with Gasteiger partial charge in [0.25, 0.3) is 0 Å². The summed E-state index contributed by atoms with van der Waals surface area (Å²) in [5.74, 6) is 0.960. The predicted molar refractivity (Wildman–Crippen MR) is 70.8 cm³/mol. The lowest BCUT2D eigenvalue weighted by Crippen LogP contribution is -2.28. The van der Waals surface area contributed by atoms with E-state index >= 15 is 0 Å². The molecule has 0 bridgehead atoms. The van der Waals surface area contributed by atoms with E-state index < -0.39 is 0 Å². The van der Waals surface area contributed by atoms with Crippen LogP contribution in [0.2, 0.25) is 0 Å². The first kappa shape index (κ1) is 11.3. The molecule has 1 aromatic rings. The van der Waals surface area contributed by atoms with Crippen molar-refractivity contribution >= 4 is 21.8 Å². The molecule has 17 heavy (non-hydrogen) atoms. The van der Waals surface area contributed by atoms with Gasteiger partial charge in [-0.15, -0.1) is 0 Å². The second-order valence-corrected chi connectivity index (χ2v) is 5.82. The van der Waals surface area contributed by atoms with Crippen LogP contribution in [0.25, 0.3) is 0 Å². The van der Waals surface area contributed by atoms with Crippen molar-refractivity contribution in [2.45, 2.75) is 19.4 Å². The maximum atomic E-state index is 12.4. The number of amides is 1. The van der Waals surface area contributed by atoms with Gasteiger partial charge in [-0.25, -0.2) is 0 Å². The third-order valence-electron chi connectivity index (χ3n) is 4.18. The van der Waals surface area contributed by atoms with Crippen molar-refractivity contribution < 1.29 is 4.79 Å². The number of carbonyl (C=O) groups excluding carboxylic acids is 1. The first-order valence-electron chi connectivity index (χ1n) is 6.15. The van der Waals surface area contributed by atoms with Crippen LogP contribution in [0.15, 0.2) is 30.3 Å². The standard InChI is InChI=1S/C14H16BrNO/c15-9-12-8-14(12)6-7-16(13(14)17)10-11-4-2-1-3-5-11/h1-5,12H,6-10H2/t12-,14+/m1/s1. The van der Waals surface area contributed by atoms with Crippen molar-refractivity contribution in [2.24, 2.45) is 11.3 Å². The van der Waals surface area contributed by atoms with E-state index in [1.807, 2.05) is 23.1 Å². The van der Waals surface area contributed by atoms with E-state index in [-0.39, 0.29) is 5.41 Å². The molecular weight excluding hydrogens is 278 g/mol. The van der Waals surface area contributed by atoms with Crippen LogP contribution in [0.5, 0.6) is 0 Å². The van der Waals surface area contributed by atoms with E-state index in [1.165, 1.54) is 5.56 Å². The van der Waals surface area contributed by atoms with E-state index in [9.17, 15) is 4.79 Å². The highest BCUT2D eigenvalue weighted by atomic mass is 79.9. The summed E-state index contributed by atoms with van der Waals surface area (Å²) < 4.78 is 0. The van der Waals surface area contributed by atoms with Gasteiger partial charge in [-0.05, 0) is 24.3 Å². The third kappa shape index (κ3) is 1.81.